The molecule has 1 aliphatic rings. The summed E-state index contributed by atoms with van der Waals surface area (Å²) in [6.45, 7) is 1.49. The molecular formula is C24H20ClN3O3. The largest absolute Gasteiger partial charge is 0.439 e. The lowest BCUT2D eigenvalue weighted by molar-refractivity contribution is -0.129. The second kappa shape index (κ2) is 9.02. The molecule has 7 heteroatoms. The van der Waals surface area contributed by atoms with Gasteiger partial charge in [-0.2, -0.15) is 0 Å². The van der Waals surface area contributed by atoms with Crippen molar-refractivity contribution in [3.8, 4) is 11.6 Å². The Balaban J connectivity index is 1.42. The number of aromatic nitrogens is 1. The van der Waals surface area contributed by atoms with Gasteiger partial charge < -0.3 is 15.0 Å². The van der Waals surface area contributed by atoms with Crippen LogP contribution < -0.4 is 10.1 Å². The fourth-order valence-electron chi connectivity index (χ4n) is 3.44. The number of nitrogens with one attached hydrogen (secondary N) is 1. The van der Waals surface area contributed by atoms with Gasteiger partial charge in [-0.25, -0.2) is 4.98 Å². The van der Waals surface area contributed by atoms with Crippen LogP contribution in [-0.4, -0.2) is 21.7 Å². The van der Waals surface area contributed by atoms with Gasteiger partial charge in [0.05, 0.1) is 24.3 Å². The van der Waals surface area contributed by atoms with Crippen molar-refractivity contribution < 1.29 is 14.3 Å². The summed E-state index contributed by atoms with van der Waals surface area (Å²) in [5.41, 5.74) is 2.49. The van der Waals surface area contributed by atoms with Crippen molar-refractivity contribution in [3.05, 3.63) is 89.2 Å². The van der Waals surface area contributed by atoms with Gasteiger partial charge in [-0.3, -0.25) is 9.59 Å². The van der Waals surface area contributed by atoms with E-state index in [2.05, 4.69) is 10.3 Å². The number of amides is 2. The molecule has 2 amide bonds. The molecular weight excluding hydrogens is 414 g/mol. The number of halogens is 1. The minimum atomic E-state index is -0.362. The molecule has 2 heterocycles. The van der Waals surface area contributed by atoms with Gasteiger partial charge in [-0.15, -0.1) is 0 Å². The van der Waals surface area contributed by atoms with E-state index >= 15 is 0 Å². The Bertz CT molecular complexity index is 1130. The number of pyridine rings is 1. The molecule has 3 aromatic rings. The van der Waals surface area contributed by atoms with Crippen molar-refractivity contribution in [2.45, 2.75) is 19.4 Å². The van der Waals surface area contributed by atoms with Crippen LogP contribution in [0.15, 0.2) is 73.1 Å². The summed E-state index contributed by atoms with van der Waals surface area (Å²) in [5, 5.41) is 3.46. The topological polar surface area (TPSA) is 71.5 Å². The van der Waals surface area contributed by atoms with Crippen LogP contribution >= 0.6 is 11.6 Å². The van der Waals surface area contributed by atoms with Crippen molar-refractivity contribution in [1.29, 1.82) is 0 Å². The van der Waals surface area contributed by atoms with E-state index in [0.717, 1.165) is 11.1 Å². The Morgan fingerprint density at radius 1 is 1.10 bits per heavy atom. The van der Waals surface area contributed by atoms with Gasteiger partial charge in [0.2, 0.25) is 17.7 Å². The predicted molar refractivity (Wildman–Crippen MR) is 120 cm³/mol. The molecule has 0 spiro atoms. The molecule has 1 N–H and O–H groups in total. The van der Waals surface area contributed by atoms with Crippen molar-refractivity contribution in [1.82, 2.24) is 9.88 Å². The Labute approximate surface area is 185 Å². The van der Waals surface area contributed by atoms with E-state index in [9.17, 15) is 9.59 Å². The zero-order chi connectivity index (χ0) is 21.8. The third-order valence-corrected chi connectivity index (χ3v) is 5.16. The highest BCUT2D eigenvalue weighted by molar-refractivity contribution is 6.30. The van der Waals surface area contributed by atoms with Crippen molar-refractivity contribution in [2.75, 3.05) is 5.32 Å². The van der Waals surface area contributed by atoms with Gasteiger partial charge in [0.15, 0.2) is 0 Å². The molecule has 2 aromatic carbocycles. The van der Waals surface area contributed by atoms with E-state index in [-0.39, 0.29) is 24.3 Å². The van der Waals surface area contributed by atoms with Crippen LogP contribution in [0.25, 0.3) is 6.08 Å². The lowest BCUT2D eigenvalue weighted by Crippen LogP contribution is -2.33. The van der Waals surface area contributed by atoms with Gasteiger partial charge in [0, 0.05) is 24.2 Å². The minimum absolute atomic E-state index is 0.117. The monoisotopic (exact) mass is 433 g/mol. The van der Waals surface area contributed by atoms with E-state index in [1.54, 1.807) is 47.5 Å². The number of hydrogen-bond acceptors (Lipinski definition) is 4. The number of benzene rings is 2. The Morgan fingerprint density at radius 2 is 1.87 bits per heavy atom. The third kappa shape index (κ3) is 4.92. The highest BCUT2D eigenvalue weighted by atomic mass is 35.5. The molecule has 0 saturated heterocycles. The van der Waals surface area contributed by atoms with Gasteiger partial charge in [0.1, 0.15) is 5.75 Å². The maximum absolute atomic E-state index is 12.7. The summed E-state index contributed by atoms with van der Waals surface area (Å²) in [6.07, 6.45) is 5.27. The van der Waals surface area contributed by atoms with Crippen LogP contribution in [-0.2, 0) is 9.59 Å². The molecule has 31 heavy (non-hydrogen) atoms. The van der Waals surface area contributed by atoms with Gasteiger partial charge in [0.25, 0.3) is 0 Å². The van der Waals surface area contributed by atoms with E-state index in [1.807, 2.05) is 30.3 Å². The van der Waals surface area contributed by atoms with Crippen LogP contribution in [0.1, 0.15) is 30.5 Å². The van der Waals surface area contributed by atoms with E-state index in [4.69, 9.17) is 16.3 Å². The van der Waals surface area contributed by atoms with Crippen molar-refractivity contribution in [2.24, 2.45) is 0 Å². The highest BCUT2D eigenvalue weighted by Crippen LogP contribution is 2.33. The van der Waals surface area contributed by atoms with E-state index in [1.165, 1.54) is 13.1 Å². The molecule has 1 aromatic heterocycles. The fraction of sp³-hybridized carbons (Fsp3) is 0.125. The lowest BCUT2D eigenvalue weighted by Gasteiger charge is -2.32. The predicted octanol–water partition coefficient (Wildman–Crippen LogP) is 5.43. The van der Waals surface area contributed by atoms with Crippen LogP contribution in [0, 0.1) is 0 Å². The zero-order valence-corrected chi connectivity index (χ0v) is 17.5. The second-order valence-electron chi connectivity index (χ2n) is 7.08. The summed E-state index contributed by atoms with van der Waals surface area (Å²) in [5.74, 6) is 0.680. The van der Waals surface area contributed by atoms with Crippen molar-refractivity contribution in [3.63, 3.8) is 0 Å². The molecule has 0 bridgehead atoms. The number of rotatable bonds is 5. The summed E-state index contributed by atoms with van der Waals surface area (Å²) < 4.78 is 5.66. The lowest BCUT2D eigenvalue weighted by atomic mass is 9.93. The van der Waals surface area contributed by atoms with Gasteiger partial charge >= 0.3 is 0 Å². The Kier molecular flexibility index (Phi) is 6.00. The normalized spacial score (nSPS) is 14.6. The summed E-state index contributed by atoms with van der Waals surface area (Å²) in [6, 6.07) is 17.7. The average molecular weight is 434 g/mol. The maximum atomic E-state index is 12.7. The van der Waals surface area contributed by atoms with Crippen LogP contribution in [0.5, 0.6) is 11.6 Å². The van der Waals surface area contributed by atoms with Crippen LogP contribution in [0.2, 0.25) is 5.02 Å². The average Bonchev–Trinajstić information content (AvgIpc) is 2.76. The second-order valence-corrected chi connectivity index (χ2v) is 7.52. The summed E-state index contributed by atoms with van der Waals surface area (Å²) in [7, 11) is 0. The molecule has 4 rings (SSSR count). The summed E-state index contributed by atoms with van der Waals surface area (Å²) in [4.78, 5) is 30.6. The maximum Gasteiger partial charge on any atom is 0.226 e. The third-order valence-electron chi connectivity index (χ3n) is 4.90. The first-order valence-corrected chi connectivity index (χ1v) is 10.1. The molecule has 156 valence electrons. The zero-order valence-electron chi connectivity index (χ0n) is 16.8. The van der Waals surface area contributed by atoms with Crippen LogP contribution in [0.3, 0.4) is 0 Å². The molecule has 1 unspecified atom stereocenters. The van der Waals surface area contributed by atoms with Crippen LogP contribution in [0.4, 0.5) is 5.69 Å². The first-order valence-electron chi connectivity index (χ1n) is 9.75. The number of ether oxygens (including phenoxy) is 1. The first kappa shape index (κ1) is 20.6. The fourth-order valence-corrected chi connectivity index (χ4v) is 3.56. The number of nitrogens with zero attached hydrogens (tertiary/aromatic N) is 2. The molecule has 6 nitrogen and oxygen atoms in total. The molecule has 0 aliphatic carbocycles. The summed E-state index contributed by atoms with van der Waals surface area (Å²) >= 11 is 5.87. The van der Waals surface area contributed by atoms with Crippen molar-refractivity contribution >= 4 is 35.2 Å². The SMILES string of the molecule is CC(=O)N1C=Cc2ccccc2C1CC(=O)Nc1ccc(Oc2ccc(Cl)cc2)nc1. The Hall–Kier alpha value is -3.64. The highest BCUT2D eigenvalue weighted by Gasteiger charge is 2.28. The first-order chi connectivity index (χ1) is 15.0. The van der Waals surface area contributed by atoms with E-state index < -0.39 is 0 Å². The van der Waals surface area contributed by atoms with Gasteiger partial charge in [-0.05, 0) is 47.5 Å². The molecule has 1 atom stereocenters. The number of hydrogen-bond donors (Lipinski definition) is 1. The number of fused-ring (bicyclic) bond motifs is 1. The Morgan fingerprint density at radius 3 is 2.58 bits per heavy atom. The number of carbonyl (C=O) groups excluding carboxylic acids is 2. The molecule has 1 aliphatic heterocycles. The number of anilines is 1. The quantitative estimate of drug-likeness (QED) is 0.582. The minimum Gasteiger partial charge on any atom is -0.439 e. The standard InChI is InChI=1S/C24H20ClN3O3/c1-16(29)28-13-12-17-4-2-3-5-21(17)22(28)14-23(30)27-19-8-11-24(26-15-19)31-20-9-6-18(25)7-10-20/h2-13,15,22H,14H2,1H3,(H,27,30). The van der Waals surface area contributed by atoms with Gasteiger partial charge in [-0.1, -0.05) is 35.9 Å². The van der Waals surface area contributed by atoms with E-state index in [0.29, 0.717) is 22.3 Å². The molecule has 0 fully saturated rings. The molecule has 0 saturated carbocycles. The molecule has 0 radical (unpaired) electrons. The smallest absolute Gasteiger partial charge is 0.226 e. The number of carbonyl (C=O) groups is 2.